The number of hydrogen-bond acceptors (Lipinski definition) is 4. The van der Waals surface area contributed by atoms with Crippen LogP contribution < -0.4 is 20.1 Å². The van der Waals surface area contributed by atoms with Crippen molar-refractivity contribution in [1.82, 2.24) is 5.32 Å². The molecule has 1 rings (SSSR count). The van der Waals surface area contributed by atoms with Gasteiger partial charge in [-0.25, -0.2) is 0 Å². The van der Waals surface area contributed by atoms with Crippen LogP contribution in [-0.4, -0.2) is 32.2 Å². The lowest BCUT2D eigenvalue weighted by atomic mass is 10.2. The number of ether oxygens (including phenoxy) is 2. The molecule has 0 aromatic heterocycles. The molecule has 0 radical (unpaired) electrons. The van der Waals surface area contributed by atoms with E-state index in [-0.39, 0.29) is 18.0 Å². The largest absolute Gasteiger partial charge is 0.493 e. The van der Waals surface area contributed by atoms with E-state index < -0.39 is 0 Å². The van der Waals surface area contributed by atoms with Crippen molar-refractivity contribution in [1.29, 1.82) is 0 Å². The summed E-state index contributed by atoms with van der Waals surface area (Å²) in [5.41, 5.74) is 0.809. The van der Waals surface area contributed by atoms with Crippen LogP contribution in [0.4, 0.5) is 5.69 Å². The summed E-state index contributed by atoms with van der Waals surface area (Å²) in [5, 5.41) is 5.98. The van der Waals surface area contributed by atoms with Crippen molar-refractivity contribution in [2.75, 3.05) is 19.5 Å². The Morgan fingerprint density at radius 1 is 1.11 bits per heavy atom. The number of nitrogens with one attached hydrogen (secondary N) is 2. The van der Waals surface area contributed by atoms with Crippen molar-refractivity contribution in [3.05, 3.63) is 18.2 Å². The number of carbonyl (C=O) groups is 1. The van der Waals surface area contributed by atoms with Crippen molar-refractivity contribution in [2.24, 2.45) is 0 Å². The number of hydrogen-bond donors (Lipinski definition) is 2. The molecule has 106 valence electrons. The minimum atomic E-state index is -0.319. The molecule has 1 aromatic carbocycles. The Bertz CT molecular complexity index is 433. The van der Waals surface area contributed by atoms with Gasteiger partial charge in [-0.15, -0.1) is 0 Å². The van der Waals surface area contributed by atoms with Gasteiger partial charge in [0.05, 0.1) is 14.2 Å². The molecule has 0 spiro atoms. The van der Waals surface area contributed by atoms with Crippen LogP contribution in [0.2, 0.25) is 0 Å². The highest BCUT2D eigenvalue weighted by molar-refractivity contribution is 5.84. The lowest BCUT2D eigenvalue weighted by Gasteiger charge is -2.18. The van der Waals surface area contributed by atoms with Crippen molar-refractivity contribution in [2.45, 2.75) is 32.9 Å². The predicted octanol–water partition coefficient (Wildman–Crippen LogP) is 2.03. The molecule has 5 nitrogen and oxygen atoms in total. The average molecular weight is 266 g/mol. The van der Waals surface area contributed by atoms with E-state index >= 15 is 0 Å². The molecule has 1 aromatic rings. The van der Waals surface area contributed by atoms with Gasteiger partial charge < -0.3 is 20.1 Å². The van der Waals surface area contributed by atoms with Crippen LogP contribution in [0.1, 0.15) is 20.8 Å². The minimum Gasteiger partial charge on any atom is -0.493 e. The van der Waals surface area contributed by atoms with Crippen LogP contribution in [0, 0.1) is 0 Å². The molecule has 1 amide bonds. The second-order valence-corrected chi connectivity index (χ2v) is 4.60. The normalized spacial score (nSPS) is 11.9. The van der Waals surface area contributed by atoms with Crippen molar-refractivity contribution in [3.63, 3.8) is 0 Å². The zero-order chi connectivity index (χ0) is 14.4. The Balaban J connectivity index is 2.74. The fourth-order valence-electron chi connectivity index (χ4n) is 1.65. The van der Waals surface area contributed by atoms with Crippen LogP contribution >= 0.6 is 0 Å². The Hall–Kier alpha value is -1.91. The molecule has 0 fully saturated rings. The molecule has 0 aliphatic rings. The molecule has 1 atom stereocenters. The molecular weight excluding hydrogens is 244 g/mol. The third kappa shape index (κ3) is 4.35. The minimum absolute atomic E-state index is 0.0372. The van der Waals surface area contributed by atoms with Gasteiger partial charge in [0, 0.05) is 17.8 Å². The van der Waals surface area contributed by atoms with Gasteiger partial charge in [0.15, 0.2) is 11.5 Å². The van der Waals surface area contributed by atoms with Crippen LogP contribution in [-0.2, 0) is 4.79 Å². The number of methoxy groups -OCH3 is 2. The molecular formula is C14H22N2O3. The molecule has 0 saturated heterocycles. The van der Waals surface area contributed by atoms with E-state index in [4.69, 9.17) is 9.47 Å². The first-order valence-electron chi connectivity index (χ1n) is 6.26. The van der Waals surface area contributed by atoms with Gasteiger partial charge in [0.2, 0.25) is 5.91 Å². The average Bonchev–Trinajstić information content (AvgIpc) is 2.37. The standard InChI is InChI=1S/C14H22N2O3/c1-9(2)15-14(17)10(3)16-11-6-7-12(18-4)13(8-11)19-5/h6-10,16H,1-5H3,(H,15,17)/t10-/m0/s1. The summed E-state index contributed by atoms with van der Waals surface area (Å²) in [4.78, 5) is 11.8. The van der Waals surface area contributed by atoms with Crippen LogP contribution in [0.15, 0.2) is 18.2 Å². The number of amides is 1. The maximum Gasteiger partial charge on any atom is 0.242 e. The Labute approximate surface area is 114 Å². The highest BCUT2D eigenvalue weighted by Crippen LogP contribution is 2.29. The molecule has 2 N–H and O–H groups in total. The molecule has 0 saturated carbocycles. The van der Waals surface area contributed by atoms with Gasteiger partial charge in [0.25, 0.3) is 0 Å². The molecule has 0 bridgehead atoms. The Morgan fingerprint density at radius 2 is 1.74 bits per heavy atom. The van der Waals surface area contributed by atoms with E-state index in [1.54, 1.807) is 26.4 Å². The van der Waals surface area contributed by atoms with Crippen LogP contribution in [0.3, 0.4) is 0 Å². The highest BCUT2D eigenvalue weighted by Gasteiger charge is 2.14. The SMILES string of the molecule is COc1ccc(N[C@@H](C)C(=O)NC(C)C)cc1OC. The maximum absolute atomic E-state index is 11.8. The van der Waals surface area contributed by atoms with E-state index in [0.29, 0.717) is 11.5 Å². The molecule has 19 heavy (non-hydrogen) atoms. The van der Waals surface area contributed by atoms with Crippen LogP contribution in [0.25, 0.3) is 0 Å². The lowest BCUT2D eigenvalue weighted by Crippen LogP contribution is -2.40. The second-order valence-electron chi connectivity index (χ2n) is 4.60. The smallest absolute Gasteiger partial charge is 0.242 e. The van der Waals surface area contributed by atoms with Crippen molar-refractivity contribution >= 4 is 11.6 Å². The van der Waals surface area contributed by atoms with Gasteiger partial charge in [-0.1, -0.05) is 0 Å². The first kappa shape index (κ1) is 15.1. The first-order valence-corrected chi connectivity index (χ1v) is 6.26. The summed E-state index contributed by atoms with van der Waals surface area (Å²) < 4.78 is 10.4. The van der Waals surface area contributed by atoms with Gasteiger partial charge in [-0.2, -0.15) is 0 Å². The monoisotopic (exact) mass is 266 g/mol. The maximum atomic E-state index is 11.8. The molecule has 0 aliphatic heterocycles. The van der Waals surface area contributed by atoms with E-state index in [2.05, 4.69) is 10.6 Å². The summed E-state index contributed by atoms with van der Waals surface area (Å²) in [6.45, 7) is 5.68. The zero-order valence-corrected chi connectivity index (χ0v) is 12.1. The summed E-state index contributed by atoms with van der Waals surface area (Å²) >= 11 is 0. The number of anilines is 1. The lowest BCUT2D eigenvalue weighted by molar-refractivity contribution is -0.122. The molecule has 5 heteroatoms. The van der Waals surface area contributed by atoms with Gasteiger partial charge in [0.1, 0.15) is 6.04 Å². The fourth-order valence-corrected chi connectivity index (χ4v) is 1.65. The van der Waals surface area contributed by atoms with Crippen molar-refractivity contribution in [3.8, 4) is 11.5 Å². The Morgan fingerprint density at radius 3 is 2.26 bits per heavy atom. The van der Waals surface area contributed by atoms with Crippen LogP contribution in [0.5, 0.6) is 11.5 Å². The van der Waals surface area contributed by atoms with E-state index in [1.165, 1.54) is 0 Å². The highest BCUT2D eigenvalue weighted by atomic mass is 16.5. The fraction of sp³-hybridized carbons (Fsp3) is 0.500. The van der Waals surface area contributed by atoms with Gasteiger partial charge in [-0.3, -0.25) is 4.79 Å². The third-order valence-electron chi connectivity index (χ3n) is 2.59. The van der Waals surface area contributed by atoms with E-state index in [1.807, 2.05) is 26.8 Å². The summed E-state index contributed by atoms with van der Waals surface area (Å²) in [5.74, 6) is 1.25. The van der Waals surface area contributed by atoms with E-state index in [9.17, 15) is 4.79 Å². The molecule has 0 unspecified atom stereocenters. The Kier molecular flexibility index (Phi) is 5.48. The van der Waals surface area contributed by atoms with E-state index in [0.717, 1.165) is 5.69 Å². The number of carbonyl (C=O) groups excluding carboxylic acids is 1. The topological polar surface area (TPSA) is 59.6 Å². The second kappa shape index (κ2) is 6.87. The summed E-state index contributed by atoms with van der Waals surface area (Å²) in [6, 6.07) is 5.26. The first-order chi connectivity index (χ1) is 8.97. The van der Waals surface area contributed by atoms with Gasteiger partial charge in [-0.05, 0) is 32.9 Å². The summed E-state index contributed by atoms with van der Waals surface area (Å²) in [7, 11) is 3.17. The van der Waals surface area contributed by atoms with Gasteiger partial charge >= 0.3 is 0 Å². The summed E-state index contributed by atoms with van der Waals surface area (Å²) in [6.07, 6.45) is 0. The third-order valence-corrected chi connectivity index (χ3v) is 2.59. The molecule has 0 heterocycles. The molecule has 0 aliphatic carbocycles. The number of benzene rings is 1. The zero-order valence-electron chi connectivity index (χ0n) is 12.1. The quantitative estimate of drug-likeness (QED) is 0.827. The predicted molar refractivity (Wildman–Crippen MR) is 75.9 cm³/mol. The van der Waals surface area contributed by atoms with Crippen molar-refractivity contribution < 1.29 is 14.3 Å². The number of rotatable bonds is 6.